The maximum Gasteiger partial charge on any atom is 0.346 e. The van der Waals surface area contributed by atoms with Crippen LogP contribution in [0.5, 0.6) is 5.75 Å². The lowest BCUT2D eigenvalue weighted by molar-refractivity contribution is 0.0730. The molecule has 1 aliphatic rings. The number of esters is 1. The maximum absolute atomic E-state index is 14.7. The van der Waals surface area contributed by atoms with Crippen LogP contribution in [0.4, 0.5) is 13.2 Å². The first-order valence-corrected chi connectivity index (χ1v) is 10.3. The molecule has 2 nitrogen and oxygen atoms in total. The zero-order chi connectivity index (χ0) is 21.3. The Morgan fingerprint density at radius 2 is 1.57 bits per heavy atom. The topological polar surface area (TPSA) is 26.3 Å². The van der Waals surface area contributed by atoms with Gasteiger partial charge in [0.05, 0.1) is 5.56 Å². The summed E-state index contributed by atoms with van der Waals surface area (Å²) in [4.78, 5) is 12.5. The molecule has 0 atom stereocenters. The van der Waals surface area contributed by atoms with Crippen molar-refractivity contribution < 1.29 is 22.7 Å². The molecule has 0 aromatic heterocycles. The number of fused-ring (bicyclic) bond motifs is 1. The van der Waals surface area contributed by atoms with Crippen molar-refractivity contribution in [3.8, 4) is 5.75 Å². The fourth-order valence-electron chi connectivity index (χ4n) is 4.30. The molecular weight excluding hydrogens is 389 g/mol. The molecule has 4 rings (SSSR count). The summed E-state index contributed by atoms with van der Waals surface area (Å²) >= 11 is 0. The minimum atomic E-state index is -0.986. The normalized spacial score (nSPS) is 19.1. The highest BCUT2D eigenvalue weighted by Crippen LogP contribution is 2.37. The Balaban J connectivity index is 1.49. The van der Waals surface area contributed by atoms with Crippen molar-refractivity contribution in [2.24, 2.45) is 5.92 Å². The van der Waals surface area contributed by atoms with E-state index in [0.717, 1.165) is 49.3 Å². The monoisotopic (exact) mass is 412 g/mol. The highest BCUT2D eigenvalue weighted by atomic mass is 19.2. The van der Waals surface area contributed by atoms with Crippen molar-refractivity contribution in [3.63, 3.8) is 0 Å². The Labute approximate surface area is 173 Å². The van der Waals surface area contributed by atoms with E-state index >= 15 is 0 Å². The van der Waals surface area contributed by atoms with Gasteiger partial charge in [-0.1, -0.05) is 25.5 Å². The van der Waals surface area contributed by atoms with Gasteiger partial charge in [-0.05, 0) is 90.3 Å². The van der Waals surface area contributed by atoms with E-state index < -0.39 is 23.4 Å². The van der Waals surface area contributed by atoms with Crippen LogP contribution in [-0.2, 0) is 0 Å². The molecule has 1 saturated carbocycles. The molecule has 0 heterocycles. The van der Waals surface area contributed by atoms with Crippen LogP contribution in [-0.4, -0.2) is 5.97 Å². The third kappa shape index (κ3) is 4.20. The number of carbonyl (C=O) groups is 1. The predicted molar refractivity (Wildman–Crippen MR) is 110 cm³/mol. The predicted octanol–water partition coefficient (Wildman–Crippen LogP) is 7.16. The fraction of sp³-hybridized carbons (Fsp3) is 0.320. The number of benzene rings is 3. The smallest absolute Gasteiger partial charge is 0.346 e. The molecular formula is C25H23F3O2. The minimum absolute atomic E-state index is 0.139. The van der Waals surface area contributed by atoms with Crippen LogP contribution in [0, 0.1) is 23.4 Å². The van der Waals surface area contributed by atoms with Crippen LogP contribution in [0.15, 0.2) is 48.5 Å². The van der Waals surface area contributed by atoms with E-state index in [2.05, 4.69) is 6.92 Å². The molecule has 1 fully saturated rings. The van der Waals surface area contributed by atoms with Gasteiger partial charge in [-0.25, -0.2) is 18.0 Å². The molecule has 0 N–H and O–H groups in total. The fourth-order valence-corrected chi connectivity index (χ4v) is 4.30. The second-order valence-electron chi connectivity index (χ2n) is 8.03. The summed E-state index contributed by atoms with van der Waals surface area (Å²) in [5.41, 5.74) is 0.771. The minimum Gasteiger partial charge on any atom is -0.423 e. The molecule has 0 spiro atoms. The number of rotatable bonds is 4. The Bertz CT molecular complexity index is 1090. The average molecular weight is 412 g/mol. The quantitative estimate of drug-likeness (QED) is 0.336. The summed E-state index contributed by atoms with van der Waals surface area (Å²) in [6.07, 6.45) is 5.56. The van der Waals surface area contributed by atoms with Gasteiger partial charge in [-0.2, -0.15) is 0 Å². The molecule has 0 amide bonds. The summed E-state index contributed by atoms with van der Waals surface area (Å²) in [7, 11) is 0. The zero-order valence-corrected chi connectivity index (χ0v) is 16.8. The second kappa shape index (κ2) is 8.50. The first-order chi connectivity index (χ1) is 14.4. The van der Waals surface area contributed by atoms with Crippen LogP contribution < -0.4 is 4.74 Å². The summed E-state index contributed by atoms with van der Waals surface area (Å²) in [5, 5.41) is 0.861. The number of carbonyl (C=O) groups excluding carboxylic acids is 1. The van der Waals surface area contributed by atoms with Crippen molar-refractivity contribution in [2.45, 2.75) is 44.9 Å². The number of hydrogen-bond acceptors (Lipinski definition) is 2. The first-order valence-electron chi connectivity index (χ1n) is 10.3. The van der Waals surface area contributed by atoms with Crippen molar-refractivity contribution >= 4 is 16.7 Å². The lowest BCUT2D eigenvalue weighted by atomic mass is 9.78. The highest BCUT2D eigenvalue weighted by Gasteiger charge is 2.23. The van der Waals surface area contributed by atoms with E-state index in [-0.39, 0.29) is 11.3 Å². The van der Waals surface area contributed by atoms with Crippen LogP contribution in [0.3, 0.4) is 0 Å². The SMILES string of the molecule is CCC1CCC(c2ccc(C(=O)Oc3ccc4cc(F)c(F)cc4c3)c(F)c2)CC1. The van der Waals surface area contributed by atoms with E-state index in [9.17, 15) is 18.0 Å². The zero-order valence-electron chi connectivity index (χ0n) is 16.8. The summed E-state index contributed by atoms with van der Waals surface area (Å²) in [5.74, 6) is -2.15. The standard InChI is InChI=1S/C25H23F3O2/c1-2-15-3-5-16(6-4-15)17-8-10-21(22(26)12-17)25(29)30-20-9-7-18-13-23(27)24(28)14-19(18)11-20/h7-16H,2-6H2,1H3. The molecule has 0 bridgehead atoms. The summed E-state index contributed by atoms with van der Waals surface area (Å²) in [6, 6.07) is 11.2. The number of halogens is 3. The van der Waals surface area contributed by atoms with Gasteiger partial charge >= 0.3 is 5.97 Å². The third-order valence-corrected chi connectivity index (χ3v) is 6.17. The van der Waals surface area contributed by atoms with Crippen LogP contribution in [0.1, 0.15) is 60.9 Å². The third-order valence-electron chi connectivity index (χ3n) is 6.17. The summed E-state index contributed by atoms with van der Waals surface area (Å²) < 4.78 is 46.7. The van der Waals surface area contributed by atoms with Crippen molar-refractivity contribution in [1.82, 2.24) is 0 Å². The van der Waals surface area contributed by atoms with Gasteiger partial charge in [0.25, 0.3) is 0 Å². The van der Waals surface area contributed by atoms with E-state index in [4.69, 9.17) is 4.74 Å². The number of hydrogen-bond donors (Lipinski definition) is 0. The van der Waals surface area contributed by atoms with Crippen molar-refractivity contribution in [3.05, 3.63) is 77.1 Å². The van der Waals surface area contributed by atoms with Gasteiger partial charge < -0.3 is 4.74 Å². The molecule has 156 valence electrons. The largest absolute Gasteiger partial charge is 0.423 e. The molecule has 0 unspecified atom stereocenters. The Hall–Kier alpha value is -2.82. The van der Waals surface area contributed by atoms with Crippen molar-refractivity contribution in [2.75, 3.05) is 0 Å². The van der Waals surface area contributed by atoms with Gasteiger partial charge in [-0.15, -0.1) is 0 Å². The molecule has 1 aliphatic carbocycles. The van der Waals surface area contributed by atoms with E-state index in [0.29, 0.717) is 16.7 Å². The summed E-state index contributed by atoms with van der Waals surface area (Å²) in [6.45, 7) is 2.20. The maximum atomic E-state index is 14.7. The van der Waals surface area contributed by atoms with Gasteiger partial charge in [0, 0.05) is 0 Å². The molecule has 3 aromatic rings. The highest BCUT2D eigenvalue weighted by molar-refractivity contribution is 5.92. The molecule has 30 heavy (non-hydrogen) atoms. The van der Waals surface area contributed by atoms with Gasteiger partial charge in [0.15, 0.2) is 11.6 Å². The molecule has 0 radical (unpaired) electrons. The number of ether oxygens (including phenoxy) is 1. The lowest BCUT2D eigenvalue weighted by Crippen LogP contribution is -2.14. The Morgan fingerprint density at radius 1 is 0.867 bits per heavy atom. The van der Waals surface area contributed by atoms with Gasteiger partial charge in [0.2, 0.25) is 0 Å². The second-order valence-corrected chi connectivity index (χ2v) is 8.03. The Kier molecular flexibility index (Phi) is 5.80. The molecule has 3 aromatic carbocycles. The van der Waals surface area contributed by atoms with Crippen LogP contribution in [0.2, 0.25) is 0 Å². The lowest BCUT2D eigenvalue weighted by Gasteiger charge is -2.28. The van der Waals surface area contributed by atoms with E-state index in [1.54, 1.807) is 6.07 Å². The average Bonchev–Trinajstić information content (AvgIpc) is 2.74. The van der Waals surface area contributed by atoms with E-state index in [1.807, 2.05) is 0 Å². The van der Waals surface area contributed by atoms with Crippen LogP contribution >= 0.6 is 0 Å². The van der Waals surface area contributed by atoms with Gasteiger partial charge in [-0.3, -0.25) is 0 Å². The van der Waals surface area contributed by atoms with E-state index in [1.165, 1.54) is 36.8 Å². The Morgan fingerprint density at radius 3 is 2.23 bits per heavy atom. The molecule has 0 saturated heterocycles. The van der Waals surface area contributed by atoms with Crippen LogP contribution in [0.25, 0.3) is 10.8 Å². The molecule has 5 heteroatoms. The first kappa shape index (κ1) is 20.5. The van der Waals surface area contributed by atoms with Crippen molar-refractivity contribution in [1.29, 1.82) is 0 Å². The molecule has 0 aliphatic heterocycles. The van der Waals surface area contributed by atoms with Gasteiger partial charge in [0.1, 0.15) is 11.6 Å².